The van der Waals surface area contributed by atoms with Gasteiger partial charge in [0.2, 0.25) is 5.95 Å². The van der Waals surface area contributed by atoms with Crippen LogP contribution in [0.15, 0.2) is 30.5 Å². The van der Waals surface area contributed by atoms with Gasteiger partial charge in [0.1, 0.15) is 5.52 Å². The number of benzene rings is 1. The van der Waals surface area contributed by atoms with Crippen LogP contribution in [0, 0.1) is 6.92 Å². The van der Waals surface area contributed by atoms with Gasteiger partial charge in [-0.2, -0.15) is 9.67 Å². The largest absolute Gasteiger partial charge is 0.368 e. The predicted molar refractivity (Wildman–Crippen MR) is 63.6 cm³/mol. The highest BCUT2D eigenvalue weighted by atomic mass is 15.4. The second-order valence-electron chi connectivity index (χ2n) is 3.72. The fourth-order valence-electron chi connectivity index (χ4n) is 1.69. The molecule has 3 rings (SSSR count). The molecule has 0 fully saturated rings. The first-order valence-electron chi connectivity index (χ1n) is 5.15. The van der Waals surface area contributed by atoms with E-state index in [-0.39, 0.29) is 5.95 Å². The first kappa shape index (κ1) is 9.71. The van der Waals surface area contributed by atoms with Crippen molar-refractivity contribution >= 4 is 17.0 Å². The Labute approximate surface area is 97.1 Å². The van der Waals surface area contributed by atoms with Gasteiger partial charge in [0.05, 0.1) is 5.52 Å². The van der Waals surface area contributed by atoms with Gasteiger partial charge in [0.15, 0.2) is 5.82 Å². The number of nitrogen functional groups attached to an aromatic ring is 1. The smallest absolute Gasteiger partial charge is 0.222 e. The normalized spacial score (nSPS) is 10.9. The van der Waals surface area contributed by atoms with E-state index in [9.17, 15) is 0 Å². The number of hydrogen-bond acceptors (Lipinski definition) is 5. The summed E-state index contributed by atoms with van der Waals surface area (Å²) in [5.74, 6) is 0.886. The number of anilines is 1. The summed E-state index contributed by atoms with van der Waals surface area (Å²) in [5.41, 5.74) is 8.21. The number of aromatic nitrogens is 5. The van der Waals surface area contributed by atoms with Crippen molar-refractivity contribution in [3.8, 4) is 5.82 Å². The van der Waals surface area contributed by atoms with Gasteiger partial charge < -0.3 is 5.73 Å². The Morgan fingerprint density at radius 2 is 2.06 bits per heavy atom. The molecule has 84 valence electrons. The Hall–Kier alpha value is -2.50. The number of fused-ring (bicyclic) bond motifs is 1. The number of hydrogen-bond donors (Lipinski definition) is 1. The molecule has 2 N–H and O–H groups in total. The van der Waals surface area contributed by atoms with Gasteiger partial charge >= 0.3 is 0 Å². The highest BCUT2D eigenvalue weighted by molar-refractivity contribution is 5.75. The van der Waals surface area contributed by atoms with Crippen molar-refractivity contribution in [2.24, 2.45) is 0 Å². The molecule has 0 radical (unpaired) electrons. The molecule has 0 saturated carbocycles. The van der Waals surface area contributed by atoms with Crippen LogP contribution in [0.1, 0.15) is 5.56 Å². The van der Waals surface area contributed by atoms with Crippen LogP contribution in [0.5, 0.6) is 0 Å². The van der Waals surface area contributed by atoms with E-state index in [1.165, 1.54) is 0 Å². The van der Waals surface area contributed by atoms with Crippen LogP contribution < -0.4 is 5.73 Å². The lowest BCUT2D eigenvalue weighted by Gasteiger charge is -2.04. The molecule has 0 aliphatic carbocycles. The molecule has 6 nitrogen and oxygen atoms in total. The first-order chi connectivity index (χ1) is 8.25. The molecule has 3 aromatic rings. The average molecular weight is 226 g/mol. The Morgan fingerprint density at radius 3 is 2.94 bits per heavy atom. The van der Waals surface area contributed by atoms with E-state index in [1.54, 1.807) is 10.9 Å². The maximum absolute atomic E-state index is 5.59. The summed E-state index contributed by atoms with van der Waals surface area (Å²) in [5, 5.41) is 8.17. The van der Waals surface area contributed by atoms with Crippen LogP contribution in [0.25, 0.3) is 16.9 Å². The van der Waals surface area contributed by atoms with Crippen LogP contribution in [0.3, 0.4) is 0 Å². The average Bonchev–Trinajstić information content (AvgIpc) is 2.76. The van der Waals surface area contributed by atoms with Gasteiger partial charge in [-0.15, -0.1) is 5.10 Å². The molecule has 0 unspecified atom stereocenters. The lowest BCUT2D eigenvalue weighted by Crippen LogP contribution is -2.06. The molecule has 6 heteroatoms. The zero-order chi connectivity index (χ0) is 11.8. The summed E-state index contributed by atoms with van der Waals surface area (Å²) in [6.07, 6.45) is 1.67. The second kappa shape index (κ2) is 3.51. The molecule has 0 bridgehead atoms. The summed E-state index contributed by atoms with van der Waals surface area (Å²) < 4.78 is 1.67. The Kier molecular flexibility index (Phi) is 2.01. The first-order valence-corrected chi connectivity index (χ1v) is 5.15. The molecule has 0 saturated heterocycles. The number of aryl methyl sites for hydroxylation is 1. The van der Waals surface area contributed by atoms with Crippen molar-refractivity contribution in [3.05, 3.63) is 36.0 Å². The van der Waals surface area contributed by atoms with Crippen molar-refractivity contribution in [2.45, 2.75) is 6.92 Å². The molecule has 0 spiro atoms. The molecule has 17 heavy (non-hydrogen) atoms. The van der Waals surface area contributed by atoms with Crippen LogP contribution in [0.4, 0.5) is 5.95 Å². The highest BCUT2D eigenvalue weighted by Gasteiger charge is 2.10. The molecule has 1 aromatic carbocycles. The third-order valence-electron chi connectivity index (χ3n) is 2.52. The second-order valence-corrected chi connectivity index (χ2v) is 3.72. The fourth-order valence-corrected chi connectivity index (χ4v) is 1.69. The maximum atomic E-state index is 5.59. The van der Waals surface area contributed by atoms with Gasteiger partial charge in [0.25, 0.3) is 0 Å². The number of nitrogens with two attached hydrogens (primary N) is 1. The molecule has 0 atom stereocenters. The minimum Gasteiger partial charge on any atom is -0.368 e. The summed E-state index contributed by atoms with van der Waals surface area (Å²) in [6.45, 7) is 1.91. The standard InChI is InChI=1S/C11H10N6/c1-7-6-13-11(12)14-10(7)17-9-5-3-2-4-8(9)15-16-17/h2-6H,1H3,(H2,12,13,14). The molecular weight excluding hydrogens is 216 g/mol. The van der Waals surface area contributed by atoms with Crippen LogP contribution >= 0.6 is 0 Å². The Bertz CT molecular complexity index is 687. The lowest BCUT2D eigenvalue weighted by atomic mass is 10.3. The van der Waals surface area contributed by atoms with Gasteiger partial charge in [-0.05, 0) is 19.1 Å². The third kappa shape index (κ3) is 1.50. The van der Waals surface area contributed by atoms with Gasteiger partial charge in [-0.25, -0.2) is 4.98 Å². The maximum Gasteiger partial charge on any atom is 0.222 e. The molecule has 2 aromatic heterocycles. The Morgan fingerprint density at radius 1 is 1.24 bits per heavy atom. The van der Waals surface area contributed by atoms with E-state index in [0.29, 0.717) is 5.82 Å². The van der Waals surface area contributed by atoms with Crippen molar-refractivity contribution in [1.82, 2.24) is 25.0 Å². The molecule has 0 aliphatic rings. The zero-order valence-corrected chi connectivity index (χ0v) is 9.20. The number of rotatable bonds is 1. The van der Waals surface area contributed by atoms with Crippen molar-refractivity contribution in [1.29, 1.82) is 0 Å². The molecular formula is C11H10N6. The van der Waals surface area contributed by atoms with Crippen molar-refractivity contribution in [3.63, 3.8) is 0 Å². The number of nitrogens with zero attached hydrogens (tertiary/aromatic N) is 5. The van der Waals surface area contributed by atoms with Gasteiger partial charge in [-0.1, -0.05) is 17.3 Å². The summed E-state index contributed by atoms with van der Waals surface area (Å²) in [4.78, 5) is 8.13. The molecule has 2 heterocycles. The lowest BCUT2D eigenvalue weighted by molar-refractivity contribution is 0.792. The summed E-state index contributed by atoms with van der Waals surface area (Å²) >= 11 is 0. The summed E-state index contributed by atoms with van der Waals surface area (Å²) in [6, 6.07) is 7.69. The van der Waals surface area contributed by atoms with Gasteiger partial charge in [-0.3, -0.25) is 0 Å². The van der Waals surface area contributed by atoms with Crippen LogP contribution in [-0.2, 0) is 0 Å². The van der Waals surface area contributed by atoms with Crippen molar-refractivity contribution < 1.29 is 0 Å². The van der Waals surface area contributed by atoms with Crippen LogP contribution in [0.2, 0.25) is 0 Å². The van der Waals surface area contributed by atoms with E-state index < -0.39 is 0 Å². The quantitative estimate of drug-likeness (QED) is 0.671. The van der Waals surface area contributed by atoms with Crippen molar-refractivity contribution in [2.75, 3.05) is 5.73 Å². The van der Waals surface area contributed by atoms with E-state index in [4.69, 9.17) is 5.73 Å². The Balaban J connectivity index is 2.31. The predicted octanol–water partition coefficient (Wildman–Crippen LogP) is 1.10. The minimum atomic E-state index is 0.227. The fraction of sp³-hybridized carbons (Fsp3) is 0.0909. The number of para-hydroxylation sites is 1. The topological polar surface area (TPSA) is 82.5 Å². The van der Waals surface area contributed by atoms with E-state index >= 15 is 0 Å². The SMILES string of the molecule is Cc1cnc(N)nc1-n1nnc2ccccc21. The molecule has 0 aliphatic heterocycles. The minimum absolute atomic E-state index is 0.227. The van der Waals surface area contributed by atoms with Crippen LogP contribution in [-0.4, -0.2) is 25.0 Å². The third-order valence-corrected chi connectivity index (χ3v) is 2.52. The van der Waals surface area contributed by atoms with E-state index in [1.807, 2.05) is 31.2 Å². The molecule has 0 amide bonds. The van der Waals surface area contributed by atoms with E-state index in [2.05, 4.69) is 20.3 Å². The van der Waals surface area contributed by atoms with Gasteiger partial charge in [0, 0.05) is 11.8 Å². The zero-order valence-electron chi connectivity index (χ0n) is 9.20. The monoisotopic (exact) mass is 226 g/mol. The summed E-state index contributed by atoms with van der Waals surface area (Å²) in [7, 11) is 0. The van der Waals surface area contributed by atoms with E-state index in [0.717, 1.165) is 16.6 Å². The highest BCUT2D eigenvalue weighted by Crippen LogP contribution is 2.16.